The second kappa shape index (κ2) is 6.55. The maximum atomic E-state index is 13.3. The third kappa shape index (κ3) is 4.23. The number of aliphatic hydroxyl groups excluding tert-OH is 2. The number of anilines is 1. The van der Waals surface area contributed by atoms with E-state index in [1.807, 2.05) is 0 Å². The Labute approximate surface area is 109 Å². The number of carbonyl (C=O) groups excluding carboxylic acids is 1. The van der Waals surface area contributed by atoms with Gasteiger partial charge in [-0.3, -0.25) is 10.1 Å². The van der Waals surface area contributed by atoms with Crippen LogP contribution in [0.4, 0.5) is 14.5 Å². The zero-order valence-electron chi connectivity index (χ0n) is 10.4. The first-order valence-corrected chi connectivity index (χ1v) is 5.62. The van der Waals surface area contributed by atoms with Crippen LogP contribution in [0, 0.1) is 11.6 Å². The van der Waals surface area contributed by atoms with Gasteiger partial charge in [0, 0.05) is 0 Å². The highest BCUT2D eigenvalue weighted by molar-refractivity contribution is 5.92. The third-order valence-corrected chi connectivity index (χ3v) is 2.60. The Bertz CT molecular complexity index is 430. The van der Waals surface area contributed by atoms with E-state index in [-0.39, 0.29) is 19.8 Å². The summed E-state index contributed by atoms with van der Waals surface area (Å²) in [6.45, 7) is 0.436. The quantitative estimate of drug-likeness (QED) is 0.599. The average molecular weight is 274 g/mol. The van der Waals surface area contributed by atoms with Crippen molar-refractivity contribution in [2.24, 2.45) is 0 Å². The predicted octanol–water partition coefficient (Wildman–Crippen LogP) is 0.236. The lowest BCUT2D eigenvalue weighted by Gasteiger charge is -2.25. The van der Waals surface area contributed by atoms with Gasteiger partial charge in [0.2, 0.25) is 5.91 Å². The molecule has 0 saturated carbocycles. The normalized spacial score (nSPS) is 11.4. The van der Waals surface area contributed by atoms with Gasteiger partial charge in [0.25, 0.3) is 0 Å². The summed E-state index contributed by atoms with van der Waals surface area (Å²) < 4.78 is 26.5. The van der Waals surface area contributed by atoms with Crippen molar-refractivity contribution in [1.29, 1.82) is 0 Å². The van der Waals surface area contributed by atoms with Crippen LogP contribution in [0.1, 0.15) is 6.92 Å². The number of rotatable bonds is 6. The number of para-hydroxylation sites is 1. The first-order chi connectivity index (χ1) is 8.91. The molecule has 0 aliphatic heterocycles. The summed E-state index contributed by atoms with van der Waals surface area (Å²) in [5.74, 6) is -2.43. The van der Waals surface area contributed by atoms with Crippen molar-refractivity contribution in [2.75, 3.05) is 25.1 Å². The Balaban J connectivity index is 2.61. The van der Waals surface area contributed by atoms with Gasteiger partial charge in [-0.25, -0.2) is 8.78 Å². The van der Waals surface area contributed by atoms with E-state index in [4.69, 9.17) is 10.2 Å². The molecule has 7 heteroatoms. The minimum Gasteiger partial charge on any atom is -0.394 e. The number of hydrogen-bond donors (Lipinski definition) is 4. The summed E-state index contributed by atoms with van der Waals surface area (Å²) in [6, 6.07) is 3.24. The maximum absolute atomic E-state index is 13.3. The number of amides is 1. The molecule has 5 nitrogen and oxygen atoms in total. The molecule has 106 valence electrons. The third-order valence-electron chi connectivity index (χ3n) is 2.60. The molecular formula is C12H16F2N2O3. The molecule has 1 amide bonds. The van der Waals surface area contributed by atoms with Crippen molar-refractivity contribution in [3.63, 3.8) is 0 Å². The van der Waals surface area contributed by atoms with Crippen molar-refractivity contribution in [3.8, 4) is 0 Å². The molecule has 19 heavy (non-hydrogen) atoms. The summed E-state index contributed by atoms with van der Waals surface area (Å²) in [6.07, 6.45) is 0. The fraction of sp³-hybridized carbons (Fsp3) is 0.417. The number of halogens is 2. The monoisotopic (exact) mass is 274 g/mol. The number of benzene rings is 1. The molecule has 4 N–H and O–H groups in total. The Morgan fingerprint density at radius 3 is 2.26 bits per heavy atom. The van der Waals surface area contributed by atoms with E-state index >= 15 is 0 Å². The van der Waals surface area contributed by atoms with E-state index in [0.717, 1.165) is 12.1 Å². The van der Waals surface area contributed by atoms with Gasteiger partial charge in [0.15, 0.2) is 0 Å². The van der Waals surface area contributed by atoms with Gasteiger partial charge in [-0.15, -0.1) is 0 Å². The topological polar surface area (TPSA) is 81.6 Å². The van der Waals surface area contributed by atoms with E-state index in [0.29, 0.717) is 0 Å². The maximum Gasteiger partial charge on any atom is 0.238 e. The molecule has 0 aromatic heterocycles. The summed E-state index contributed by atoms with van der Waals surface area (Å²) >= 11 is 0. The zero-order valence-corrected chi connectivity index (χ0v) is 10.4. The van der Waals surface area contributed by atoms with Crippen LogP contribution in [0.5, 0.6) is 0 Å². The Morgan fingerprint density at radius 2 is 1.79 bits per heavy atom. The molecule has 0 bridgehead atoms. The lowest BCUT2D eigenvalue weighted by Crippen LogP contribution is -2.51. The van der Waals surface area contributed by atoms with Crippen LogP contribution in [-0.4, -0.2) is 41.4 Å². The molecule has 0 radical (unpaired) electrons. The fourth-order valence-electron chi connectivity index (χ4n) is 1.26. The van der Waals surface area contributed by atoms with Crippen LogP contribution in [0.25, 0.3) is 0 Å². The van der Waals surface area contributed by atoms with Crippen molar-refractivity contribution >= 4 is 11.6 Å². The highest BCUT2D eigenvalue weighted by atomic mass is 19.1. The van der Waals surface area contributed by atoms with Crippen LogP contribution in [0.2, 0.25) is 0 Å². The first-order valence-electron chi connectivity index (χ1n) is 5.62. The van der Waals surface area contributed by atoms with Gasteiger partial charge in [0.1, 0.15) is 17.3 Å². The molecule has 0 unspecified atom stereocenters. The molecule has 0 fully saturated rings. The van der Waals surface area contributed by atoms with E-state index in [9.17, 15) is 13.6 Å². The molecule has 1 aromatic carbocycles. The second-order valence-corrected chi connectivity index (χ2v) is 4.38. The van der Waals surface area contributed by atoms with E-state index in [2.05, 4.69) is 10.6 Å². The summed E-state index contributed by atoms with van der Waals surface area (Å²) in [5, 5.41) is 22.7. The first kappa shape index (κ1) is 15.5. The lowest BCUT2D eigenvalue weighted by atomic mass is 10.1. The minimum atomic E-state index is -1.04. The van der Waals surface area contributed by atoms with Crippen molar-refractivity contribution < 1.29 is 23.8 Å². The standard InChI is InChI=1S/C12H16F2N2O3/c1-12(6-17,7-18)15-5-10(19)16-11-8(13)3-2-4-9(11)14/h2-4,15,17-18H,5-7H2,1H3,(H,16,19). The Kier molecular flexibility index (Phi) is 5.34. The van der Waals surface area contributed by atoms with E-state index in [1.165, 1.54) is 13.0 Å². The Morgan fingerprint density at radius 1 is 1.26 bits per heavy atom. The lowest BCUT2D eigenvalue weighted by molar-refractivity contribution is -0.116. The molecule has 1 rings (SSSR count). The number of carbonyl (C=O) groups is 1. The Hall–Kier alpha value is -1.57. The van der Waals surface area contributed by atoms with E-state index in [1.54, 1.807) is 0 Å². The van der Waals surface area contributed by atoms with Gasteiger partial charge in [0.05, 0.1) is 25.3 Å². The largest absolute Gasteiger partial charge is 0.394 e. The molecule has 0 aliphatic carbocycles. The van der Waals surface area contributed by atoms with Gasteiger partial charge in [-0.1, -0.05) is 6.07 Å². The van der Waals surface area contributed by atoms with Crippen LogP contribution in [0.3, 0.4) is 0 Å². The van der Waals surface area contributed by atoms with Crippen LogP contribution >= 0.6 is 0 Å². The molecular weight excluding hydrogens is 258 g/mol. The van der Waals surface area contributed by atoms with Gasteiger partial charge in [-0.05, 0) is 19.1 Å². The van der Waals surface area contributed by atoms with Gasteiger partial charge in [-0.2, -0.15) is 0 Å². The number of hydrogen-bond acceptors (Lipinski definition) is 4. The van der Waals surface area contributed by atoms with Crippen LogP contribution < -0.4 is 10.6 Å². The van der Waals surface area contributed by atoms with Gasteiger partial charge < -0.3 is 15.5 Å². The molecule has 1 aromatic rings. The highest BCUT2D eigenvalue weighted by Gasteiger charge is 2.22. The van der Waals surface area contributed by atoms with Crippen molar-refractivity contribution in [2.45, 2.75) is 12.5 Å². The van der Waals surface area contributed by atoms with Crippen molar-refractivity contribution in [3.05, 3.63) is 29.8 Å². The molecule has 0 saturated heterocycles. The molecule has 0 aliphatic rings. The fourth-order valence-corrected chi connectivity index (χ4v) is 1.26. The van der Waals surface area contributed by atoms with Crippen LogP contribution in [-0.2, 0) is 4.79 Å². The summed E-state index contributed by atoms with van der Waals surface area (Å²) in [4.78, 5) is 11.5. The van der Waals surface area contributed by atoms with Crippen molar-refractivity contribution in [1.82, 2.24) is 5.32 Å². The average Bonchev–Trinajstić information content (AvgIpc) is 2.40. The van der Waals surface area contributed by atoms with Gasteiger partial charge >= 0.3 is 0 Å². The predicted molar refractivity (Wildman–Crippen MR) is 65.6 cm³/mol. The molecule has 0 heterocycles. The molecule has 0 atom stereocenters. The summed E-state index contributed by atoms with van der Waals surface area (Å²) in [5.41, 5.74) is -1.56. The SMILES string of the molecule is CC(CO)(CO)NCC(=O)Nc1c(F)cccc1F. The molecule has 0 spiro atoms. The number of aliphatic hydroxyl groups is 2. The smallest absolute Gasteiger partial charge is 0.238 e. The minimum absolute atomic E-state index is 0.300. The van der Waals surface area contributed by atoms with E-state index < -0.39 is 28.8 Å². The summed E-state index contributed by atoms with van der Waals surface area (Å²) in [7, 11) is 0. The second-order valence-electron chi connectivity index (χ2n) is 4.38. The zero-order chi connectivity index (χ0) is 14.5. The highest BCUT2D eigenvalue weighted by Crippen LogP contribution is 2.17. The number of nitrogens with one attached hydrogen (secondary N) is 2. The van der Waals surface area contributed by atoms with Crippen LogP contribution in [0.15, 0.2) is 18.2 Å².